The Balaban J connectivity index is 0.00000625. The molecule has 3 amide bonds. The van der Waals surface area contributed by atoms with Crippen LogP contribution in [0.3, 0.4) is 0 Å². The molecule has 0 saturated carbocycles. The first-order valence-corrected chi connectivity index (χ1v) is 23.4. The maximum atomic E-state index is 14.6. The highest BCUT2D eigenvalue weighted by Crippen LogP contribution is 2.29. The Morgan fingerprint density at radius 3 is 1.99 bits per heavy atom. The predicted octanol–water partition coefficient (Wildman–Crippen LogP) is 6.45. The van der Waals surface area contributed by atoms with Crippen LogP contribution in [0.25, 0.3) is 21.8 Å². The number of pyridine rings is 1. The van der Waals surface area contributed by atoms with Gasteiger partial charge in [0.15, 0.2) is 13.5 Å². The molecule has 6 aromatic rings. The van der Waals surface area contributed by atoms with Crippen LogP contribution in [-0.4, -0.2) is 129 Å². The van der Waals surface area contributed by atoms with Gasteiger partial charge >= 0.3 is 18.0 Å². The van der Waals surface area contributed by atoms with E-state index in [1.54, 1.807) is 64.3 Å². The van der Waals surface area contributed by atoms with Gasteiger partial charge in [-0.1, -0.05) is 60.7 Å². The van der Waals surface area contributed by atoms with Crippen molar-refractivity contribution < 1.29 is 28.7 Å². The molecule has 9 rings (SSSR count). The summed E-state index contributed by atoms with van der Waals surface area (Å²) in [6.07, 6.45) is 5.33. The quantitative estimate of drug-likeness (QED) is 0.136. The summed E-state index contributed by atoms with van der Waals surface area (Å²) in [6, 6.07) is 30.3. The number of urea groups is 1. The Labute approximate surface area is 402 Å². The molecule has 4 aromatic carbocycles. The highest BCUT2D eigenvalue weighted by Gasteiger charge is 2.34. The van der Waals surface area contributed by atoms with Gasteiger partial charge in [-0.3, -0.25) is 19.1 Å². The lowest BCUT2D eigenvalue weighted by molar-refractivity contribution is -0.135. The molecule has 0 bridgehead atoms. The molecule has 0 spiro atoms. The monoisotopic (exact) mass is 942 g/mol. The number of halogens is 1. The van der Waals surface area contributed by atoms with Gasteiger partial charge < -0.3 is 29.5 Å². The standard InChI is InChI=1S/C52H58N8O7.ClH/c1-36-29-37(30-42-33-53-60(47(36)42)35-67-51(64)40-13-7-4-8-14-40)31-45(49(62)57-27-25-56(26-28-57)43-19-21-55(2)22-20-43)54-52(65)58-23-17-38(18-24-58)44-32-41-15-9-10-16-46(41)59(48(44)61)34-66-50(63)39-11-5-3-6-12-39;/h3-16,29-30,32-33,38,43,45H,17-28,31,34-35H2,1-2H3,(H,54,65);1H. The maximum absolute atomic E-state index is 14.6. The van der Waals surface area contributed by atoms with E-state index in [4.69, 9.17) is 9.47 Å². The Kier molecular flexibility index (Phi) is 15.2. The molecule has 68 heavy (non-hydrogen) atoms. The first-order valence-electron chi connectivity index (χ1n) is 23.4. The van der Waals surface area contributed by atoms with Crippen LogP contribution in [0.15, 0.2) is 114 Å². The molecule has 0 aliphatic carbocycles. The predicted molar refractivity (Wildman–Crippen MR) is 262 cm³/mol. The largest absolute Gasteiger partial charge is 0.440 e. The molecular formula is C52H59ClN8O7. The van der Waals surface area contributed by atoms with Crippen molar-refractivity contribution in [1.82, 2.24) is 39.3 Å². The smallest absolute Gasteiger partial charge is 0.339 e. The van der Waals surface area contributed by atoms with Gasteiger partial charge in [0, 0.05) is 62.7 Å². The summed E-state index contributed by atoms with van der Waals surface area (Å²) in [7, 11) is 2.16. The van der Waals surface area contributed by atoms with Crippen molar-refractivity contribution in [3.8, 4) is 0 Å². The van der Waals surface area contributed by atoms with Crippen LogP contribution in [0.1, 0.15) is 69.0 Å². The number of benzene rings is 4. The summed E-state index contributed by atoms with van der Waals surface area (Å²) in [5, 5.41) is 9.38. The van der Waals surface area contributed by atoms with Gasteiger partial charge in [0.1, 0.15) is 6.04 Å². The third kappa shape index (κ3) is 10.8. The molecule has 356 valence electrons. The van der Waals surface area contributed by atoms with Gasteiger partial charge in [-0.2, -0.15) is 5.10 Å². The number of piperazine rings is 1. The summed E-state index contributed by atoms with van der Waals surface area (Å²) in [5.41, 5.74) is 4.50. The molecule has 2 aromatic heterocycles. The van der Waals surface area contributed by atoms with E-state index in [0.29, 0.717) is 67.3 Å². The number of aryl methyl sites for hydroxylation is 1. The molecule has 3 saturated heterocycles. The number of fused-ring (bicyclic) bond motifs is 2. The summed E-state index contributed by atoms with van der Waals surface area (Å²) in [6.45, 7) is 7.36. The molecule has 0 radical (unpaired) electrons. The van der Waals surface area contributed by atoms with Crippen LogP contribution in [-0.2, 0) is 34.2 Å². The molecule has 1 N–H and O–H groups in total. The highest BCUT2D eigenvalue weighted by molar-refractivity contribution is 5.90. The van der Waals surface area contributed by atoms with Gasteiger partial charge in [-0.25, -0.2) is 19.1 Å². The summed E-state index contributed by atoms with van der Waals surface area (Å²) in [5.74, 6) is -1.20. The number of hydrogen-bond donors (Lipinski definition) is 1. The zero-order chi connectivity index (χ0) is 46.4. The van der Waals surface area contributed by atoms with Crippen molar-refractivity contribution in [2.24, 2.45) is 0 Å². The van der Waals surface area contributed by atoms with Crippen LogP contribution in [0.2, 0.25) is 0 Å². The lowest BCUT2D eigenvalue weighted by atomic mass is 9.89. The molecule has 3 aliphatic rings. The second-order valence-corrected chi connectivity index (χ2v) is 18.1. The maximum Gasteiger partial charge on any atom is 0.339 e. The molecule has 3 fully saturated rings. The first kappa shape index (κ1) is 47.9. The molecule has 16 heteroatoms. The molecule has 5 heterocycles. The number of ether oxygens (including phenoxy) is 2. The third-order valence-corrected chi connectivity index (χ3v) is 13.8. The van der Waals surface area contributed by atoms with E-state index in [0.717, 1.165) is 66.4 Å². The minimum atomic E-state index is -0.829. The van der Waals surface area contributed by atoms with Crippen LogP contribution >= 0.6 is 12.4 Å². The third-order valence-electron chi connectivity index (χ3n) is 13.8. The van der Waals surface area contributed by atoms with Gasteiger partial charge in [0.2, 0.25) is 5.91 Å². The van der Waals surface area contributed by atoms with Crippen LogP contribution < -0.4 is 10.9 Å². The molecule has 15 nitrogen and oxygen atoms in total. The summed E-state index contributed by atoms with van der Waals surface area (Å²) < 4.78 is 14.4. The fraction of sp³-hybridized carbons (Fsp3) is 0.385. The van der Waals surface area contributed by atoms with E-state index >= 15 is 0 Å². The van der Waals surface area contributed by atoms with Crippen molar-refractivity contribution in [2.45, 2.75) is 70.5 Å². The molecule has 1 atom stereocenters. The number of nitrogens with zero attached hydrogens (tertiary/aromatic N) is 7. The van der Waals surface area contributed by atoms with Crippen LogP contribution in [0, 0.1) is 6.92 Å². The van der Waals surface area contributed by atoms with E-state index in [1.807, 2.05) is 66.4 Å². The second-order valence-electron chi connectivity index (χ2n) is 18.1. The fourth-order valence-electron chi connectivity index (χ4n) is 10.0. The zero-order valence-electron chi connectivity index (χ0n) is 38.6. The minimum absolute atomic E-state index is 0. The van der Waals surface area contributed by atoms with Crippen LogP contribution in [0.5, 0.6) is 0 Å². The highest BCUT2D eigenvalue weighted by atomic mass is 35.5. The molecule has 3 aliphatic heterocycles. The van der Waals surface area contributed by atoms with Crippen molar-refractivity contribution >= 4 is 58.1 Å². The van der Waals surface area contributed by atoms with Crippen LogP contribution in [0.4, 0.5) is 4.79 Å². The van der Waals surface area contributed by atoms with Crippen molar-refractivity contribution in [2.75, 3.05) is 59.4 Å². The Morgan fingerprint density at radius 2 is 1.32 bits per heavy atom. The van der Waals surface area contributed by atoms with E-state index < -0.39 is 18.0 Å². The minimum Gasteiger partial charge on any atom is -0.440 e. The number of likely N-dealkylation sites (tertiary alicyclic amines) is 2. The number of carbonyl (C=O) groups excluding carboxylic acids is 4. The molecule has 1 unspecified atom stereocenters. The summed E-state index contributed by atoms with van der Waals surface area (Å²) in [4.78, 5) is 77.1. The fourth-order valence-corrected chi connectivity index (χ4v) is 10.0. The Bertz CT molecular complexity index is 2800. The SMILES string of the molecule is Cc1cc(CC(NC(=O)N2CCC(c3cc4ccccc4n(COC(=O)c4ccccc4)c3=O)CC2)C(=O)N2CCN(C3CCN(C)CC3)CC2)cc2cnn(COC(=O)c3ccccc3)c12.Cl. The Morgan fingerprint density at radius 1 is 0.706 bits per heavy atom. The van der Waals surface area contributed by atoms with Crippen molar-refractivity contribution in [1.29, 1.82) is 0 Å². The molecular weight excluding hydrogens is 884 g/mol. The van der Waals surface area contributed by atoms with E-state index in [9.17, 15) is 24.0 Å². The zero-order valence-corrected chi connectivity index (χ0v) is 39.4. The summed E-state index contributed by atoms with van der Waals surface area (Å²) >= 11 is 0. The number of esters is 2. The van der Waals surface area contributed by atoms with Crippen molar-refractivity contribution in [3.05, 3.63) is 147 Å². The first-order chi connectivity index (χ1) is 32.6. The topological polar surface area (TPSA) is 152 Å². The lowest BCUT2D eigenvalue weighted by Gasteiger charge is -2.43. The van der Waals surface area contributed by atoms with Crippen molar-refractivity contribution in [3.63, 3.8) is 0 Å². The van der Waals surface area contributed by atoms with E-state index in [1.165, 1.54) is 4.57 Å². The number of amides is 3. The number of piperidine rings is 2. The number of aromatic nitrogens is 3. The number of hydrogen-bond acceptors (Lipinski definition) is 10. The average Bonchev–Trinajstić information content (AvgIpc) is 3.79. The van der Waals surface area contributed by atoms with E-state index in [2.05, 4.69) is 27.3 Å². The number of para-hydroxylation sites is 1. The number of carbonyl (C=O) groups is 4. The van der Waals surface area contributed by atoms with Gasteiger partial charge in [0.05, 0.1) is 28.4 Å². The lowest BCUT2D eigenvalue weighted by Crippen LogP contribution is -2.59. The Hall–Kier alpha value is -6.55. The van der Waals surface area contributed by atoms with Gasteiger partial charge in [-0.15, -0.1) is 12.4 Å². The normalized spacial score (nSPS) is 16.9. The average molecular weight is 944 g/mol. The van der Waals surface area contributed by atoms with Gasteiger partial charge in [0.25, 0.3) is 5.56 Å². The number of nitrogens with one attached hydrogen (secondary N) is 1. The second kappa shape index (κ2) is 21.6. The van der Waals surface area contributed by atoms with E-state index in [-0.39, 0.29) is 55.7 Å². The van der Waals surface area contributed by atoms with Gasteiger partial charge in [-0.05, 0) is 118 Å². The number of rotatable bonds is 12.